The number of benzene rings is 2. The van der Waals surface area contributed by atoms with Crippen molar-refractivity contribution in [3.05, 3.63) is 87.1 Å². The van der Waals surface area contributed by atoms with Crippen molar-refractivity contribution in [2.45, 2.75) is 12.5 Å². The fourth-order valence-corrected chi connectivity index (χ4v) is 4.05. The summed E-state index contributed by atoms with van der Waals surface area (Å²) >= 11 is 7.58. The normalized spacial score (nSPS) is 15.8. The van der Waals surface area contributed by atoms with Crippen LogP contribution in [0.4, 0.5) is 0 Å². The smallest absolute Gasteiger partial charge is 0.281 e. The van der Waals surface area contributed by atoms with Crippen LogP contribution in [0.25, 0.3) is 0 Å². The summed E-state index contributed by atoms with van der Waals surface area (Å²) in [4.78, 5) is 24.7. The third-order valence-electron chi connectivity index (χ3n) is 4.59. The van der Waals surface area contributed by atoms with Gasteiger partial charge in [-0.25, -0.2) is 5.01 Å². The zero-order valence-corrected chi connectivity index (χ0v) is 16.9. The lowest BCUT2D eigenvalue weighted by molar-refractivity contribution is -0.135. The molecule has 0 radical (unpaired) electrons. The highest BCUT2D eigenvalue weighted by atomic mass is 35.5. The molecule has 0 spiro atoms. The van der Waals surface area contributed by atoms with Crippen LogP contribution in [-0.2, 0) is 4.79 Å². The molecule has 2 aromatic carbocycles. The van der Waals surface area contributed by atoms with E-state index < -0.39 is 0 Å². The number of aldehydes is 1. The quantitative estimate of drug-likeness (QED) is 0.525. The number of nitrogens with zero attached hydrogens (tertiary/aromatic N) is 2. The Balaban J connectivity index is 1.52. The van der Waals surface area contributed by atoms with Crippen molar-refractivity contribution >= 4 is 40.8 Å². The molecule has 0 saturated carbocycles. The Morgan fingerprint density at radius 3 is 2.59 bits per heavy atom. The van der Waals surface area contributed by atoms with Gasteiger partial charge >= 0.3 is 0 Å². The first-order valence-corrected chi connectivity index (χ1v) is 10.3. The molecule has 0 saturated heterocycles. The minimum absolute atomic E-state index is 0.139. The van der Waals surface area contributed by atoms with Crippen LogP contribution < -0.4 is 4.74 Å². The molecule has 1 atom stereocenters. The van der Waals surface area contributed by atoms with Crippen molar-refractivity contribution in [2.75, 3.05) is 6.61 Å². The van der Waals surface area contributed by atoms with Crippen molar-refractivity contribution in [3.63, 3.8) is 0 Å². The number of halogens is 1. The predicted octanol–water partition coefficient (Wildman–Crippen LogP) is 4.97. The SMILES string of the molecule is O=Cc1ccc(OCC(=O)N2N=C(c3ccc(Cl)cc3)CC2c2cccs2)cc1. The standard InChI is InChI=1S/C22H17ClN2O3S/c23-17-7-5-16(6-8-17)19-12-20(21-2-1-11-29-21)25(24-19)22(27)14-28-18-9-3-15(13-26)4-10-18/h1-11,13,20H,12,14H2. The van der Waals surface area contributed by atoms with E-state index in [-0.39, 0.29) is 18.6 Å². The van der Waals surface area contributed by atoms with Crippen molar-refractivity contribution in [1.29, 1.82) is 0 Å². The molecule has 1 aliphatic heterocycles. The number of hydrogen-bond donors (Lipinski definition) is 0. The maximum atomic E-state index is 12.9. The van der Waals surface area contributed by atoms with Gasteiger partial charge in [0.05, 0.1) is 11.8 Å². The van der Waals surface area contributed by atoms with Gasteiger partial charge in [-0.1, -0.05) is 29.8 Å². The molecule has 146 valence electrons. The molecule has 1 aromatic heterocycles. The first-order valence-electron chi connectivity index (χ1n) is 9.01. The maximum absolute atomic E-state index is 12.9. The highest BCUT2D eigenvalue weighted by molar-refractivity contribution is 7.10. The maximum Gasteiger partial charge on any atom is 0.281 e. The Kier molecular flexibility index (Phi) is 5.74. The minimum atomic E-state index is -0.230. The number of thiophene rings is 1. The average molecular weight is 425 g/mol. The van der Waals surface area contributed by atoms with Gasteiger partial charge in [0.1, 0.15) is 12.0 Å². The van der Waals surface area contributed by atoms with E-state index in [9.17, 15) is 9.59 Å². The van der Waals surface area contributed by atoms with Gasteiger partial charge in [0, 0.05) is 21.9 Å². The first-order chi connectivity index (χ1) is 14.1. The Hall–Kier alpha value is -2.96. The number of carbonyl (C=O) groups excluding carboxylic acids is 2. The van der Waals surface area contributed by atoms with Crippen molar-refractivity contribution in [3.8, 4) is 5.75 Å². The minimum Gasteiger partial charge on any atom is -0.484 e. The number of amides is 1. The van der Waals surface area contributed by atoms with Gasteiger partial charge in [-0.3, -0.25) is 9.59 Å². The third-order valence-corrected chi connectivity index (χ3v) is 5.82. The lowest BCUT2D eigenvalue weighted by Crippen LogP contribution is -2.31. The van der Waals surface area contributed by atoms with Crippen LogP contribution in [0.15, 0.2) is 71.1 Å². The summed E-state index contributed by atoms with van der Waals surface area (Å²) in [6, 6.07) is 17.9. The summed E-state index contributed by atoms with van der Waals surface area (Å²) in [7, 11) is 0. The molecular formula is C22H17ClN2O3S. The second-order valence-corrected chi connectivity index (χ2v) is 7.92. The summed E-state index contributed by atoms with van der Waals surface area (Å²) in [5, 5.41) is 8.76. The second kappa shape index (κ2) is 8.59. The van der Waals surface area contributed by atoms with Crippen molar-refractivity contribution in [1.82, 2.24) is 5.01 Å². The van der Waals surface area contributed by atoms with Gasteiger partial charge in [0.25, 0.3) is 5.91 Å². The highest BCUT2D eigenvalue weighted by Crippen LogP contribution is 2.35. The summed E-state index contributed by atoms with van der Waals surface area (Å²) in [6.45, 7) is -0.139. The Morgan fingerprint density at radius 1 is 1.17 bits per heavy atom. The molecule has 0 bridgehead atoms. The largest absolute Gasteiger partial charge is 0.484 e. The molecule has 1 amide bonds. The van der Waals surface area contributed by atoms with Crippen LogP contribution in [0.1, 0.15) is 33.3 Å². The van der Waals surface area contributed by atoms with Gasteiger partial charge in [-0.15, -0.1) is 11.3 Å². The van der Waals surface area contributed by atoms with Crippen LogP contribution in [-0.4, -0.2) is 29.5 Å². The van der Waals surface area contributed by atoms with Crippen LogP contribution in [0.2, 0.25) is 5.02 Å². The average Bonchev–Trinajstić information content (AvgIpc) is 3.43. The van der Waals surface area contributed by atoms with E-state index in [2.05, 4.69) is 5.10 Å². The van der Waals surface area contributed by atoms with E-state index in [0.717, 1.165) is 22.4 Å². The van der Waals surface area contributed by atoms with Crippen molar-refractivity contribution < 1.29 is 14.3 Å². The molecular weight excluding hydrogens is 408 g/mol. The predicted molar refractivity (Wildman–Crippen MR) is 114 cm³/mol. The van der Waals surface area contributed by atoms with Gasteiger partial charge in [0.15, 0.2) is 6.61 Å². The second-order valence-electron chi connectivity index (χ2n) is 6.50. The lowest BCUT2D eigenvalue weighted by atomic mass is 10.0. The first kappa shape index (κ1) is 19.4. The molecule has 5 nitrogen and oxygen atoms in total. The van der Waals surface area contributed by atoms with Gasteiger partial charge in [0.2, 0.25) is 0 Å². The summed E-state index contributed by atoms with van der Waals surface area (Å²) in [5.74, 6) is 0.296. The topological polar surface area (TPSA) is 59.0 Å². The van der Waals surface area contributed by atoms with E-state index >= 15 is 0 Å². The lowest BCUT2D eigenvalue weighted by Gasteiger charge is -2.20. The van der Waals surface area contributed by atoms with Crippen LogP contribution >= 0.6 is 22.9 Å². The highest BCUT2D eigenvalue weighted by Gasteiger charge is 2.33. The number of ether oxygens (including phenoxy) is 1. The number of rotatable bonds is 6. The summed E-state index contributed by atoms with van der Waals surface area (Å²) < 4.78 is 5.61. The number of hydrazone groups is 1. The number of carbonyl (C=O) groups is 2. The fourth-order valence-electron chi connectivity index (χ4n) is 3.11. The van der Waals surface area contributed by atoms with E-state index in [4.69, 9.17) is 16.3 Å². The third kappa shape index (κ3) is 4.39. The van der Waals surface area contributed by atoms with Crippen LogP contribution in [0.5, 0.6) is 5.75 Å². The number of hydrogen-bond acceptors (Lipinski definition) is 5. The van der Waals surface area contributed by atoms with Crippen LogP contribution in [0, 0.1) is 0 Å². The van der Waals surface area contributed by atoms with E-state index in [0.29, 0.717) is 22.8 Å². The Morgan fingerprint density at radius 2 is 1.93 bits per heavy atom. The summed E-state index contributed by atoms with van der Waals surface area (Å²) in [6.07, 6.45) is 1.39. The van der Waals surface area contributed by atoms with E-state index in [1.165, 1.54) is 5.01 Å². The zero-order chi connectivity index (χ0) is 20.2. The fraction of sp³-hybridized carbons (Fsp3) is 0.136. The van der Waals surface area contributed by atoms with Crippen molar-refractivity contribution in [2.24, 2.45) is 5.10 Å². The molecule has 1 aliphatic rings. The molecule has 29 heavy (non-hydrogen) atoms. The Labute approximate surface area is 177 Å². The van der Waals surface area contributed by atoms with E-state index in [1.54, 1.807) is 35.6 Å². The molecule has 0 fully saturated rings. The Bertz CT molecular complexity index is 1030. The van der Waals surface area contributed by atoms with Crippen LogP contribution in [0.3, 0.4) is 0 Å². The van der Waals surface area contributed by atoms with Gasteiger partial charge in [-0.2, -0.15) is 5.10 Å². The van der Waals surface area contributed by atoms with E-state index in [1.807, 2.05) is 41.8 Å². The molecule has 0 N–H and O–H groups in total. The zero-order valence-electron chi connectivity index (χ0n) is 15.3. The summed E-state index contributed by atoms with van der Waals surface area (Å²) in [5.41, 5.74) is 2.33. The molecule has 3 aromatic rings. The molecule has 7 heteroatoms. The molecule has 0 aliphatic carbocycles. The molecule has 2 heterocycles. The monoisotopic (exact) mass is 424 g/mol. The molecule has 4 rings (SSSR count). The van der Waals surface area contributed by atoms with Gasteiger partial charge in [-0.05, 0) is 53.4 Å². The molecule has 1 unspecified atom stereocenters. The van der Waals surface area contributed by atoms with Gasteiger partial charge < -0.3 is 4.74 Å².